The molecule has 1 rings (SSSR count). The first-order chi connectivity index (χ1) is 5.75. The second kappa shape index (κ2) is 5.75. The summed E-state index contributed by atoms with van der Waals surface area (Å²) >= 11 is 0. The van der Waals surface area contributed by atoms with Crippen molar-refractivity contribution in [1.82, 2.24) is 0 Å². The minimum absolute atomic E-state index is 0. The van der Waals surface area contributed by atoms with Gasteiger partial charge < -0.3 is 14.7 Å². The molecule has 0 fully saturated rings. The molecule has 0 amide bonds. The Hall–Kier alpha value is -0.840. The normalized spacial score (nSPS) is 8.31. The second-order valence-corrected chi connectivity index (χ2v) is 2.00. The van der Waals surface area contributed by atoms with Gasteiger partial charge in [-0.25, -0.2) is 0 Å². The maximum Gasteiger partial charge on any atom is 1.00 e. The van der Waals surface area contributed by atoms with Crippen molar-refractivity contribution in [2.45, 2.75) is 0 Å². The van der Waals surface area contributed by atoms with Crippen LogP contribution in [0.4, 0.5) is 0 Å². The van der Waals surface area contributed by atoms with Crippen LogP contribution in [-0.4, -0.2) is 12.7 Å². The number of hydrogen-bond donors (Lipinski definition) is 0. The van der Waals surface area contributed by atoms with Gasteiger partial charge in [0.1, 0.15) is 0 Å². The molecule has 0 atom stereocenters. The SMILES string of the molecule is C=NOc1ccccc1C(=O)[O-].[Na+]. The number of para-hydroxylation sites is 1. The van der Waals surface area contributed by atoms with Crippen molar-refractivity contribution in [1.29, 1.82) is 0 Å². The number of benzene rings is 1. The number of hydrogen-bond acceptors (Lipinski definition) is 4. The van der Waals surface area contributed by atoms with Gasteiger partial charge in [-0.3, -0.25) is 0 Å². The van der Waals surface area contributed by atoms with E-state index in [1.54, 1.807) is 12.1 Å². The molecule has 0 aliphatic heterocycles. The molecule has 4 nitrogen and oxygen atoms in total. The Morgan fingerprint density at radius 1 is 1.46 bits per heavy atom. The first-order valence-electron chi connectivity index (χ1n) is 3.19. The van der Waals surface area contributed by atoms with Gasteiger partial charge in [0.15, 0.2) is 5.75 Å². The van der Waals surface area contributed by atoms with Gasteiger partial charge in [0, 0.05) is 12.3 Å². The van der Waals surface area contributed by atoms with Crippen LogP contribution in [0.2, 0.25) is 0 Å². The largest absolute Gasteiger partial charge is 1.00 e. The molecule has 0 saturated heterocycles. The van der Waals surface area contributed by atoms with E-state index in [4.69, 9.17) is 0 Å². The minimum atomic E-state index is -1.30. The molecule has 62 valence electrons. The van der Waals surface area contributed by atoms with E-state index < -0.39 is 5.97 Å². The predicted octanol–water partition coefficient (Wildman–Crippen LogP) is -2.95. The fourth-order valence-corrected chi connectivity index (χ4v) is 0.784. The molecule has 13 heavy (non-hydrogen) atoms. The number of nitrogens with zero attached hydrogens (tertiary/aromatic N) is 1. The van der Waals surface area contributed by atoms with Crippen LogP contribution in [0.5, 0.6) is 5.75 Å². The molecule has 0 unspecified atom stereocenters. The van der Waals surface area contributed by atoms with Crippen LogP contribution < -0.4 is 39.5 Å². The summed E-state index contributed by atoms with van der Waals surface area (Å²) in [5.41, 5.74) is -0.0371. The molecule has 0 bridgehead atoms. The van der Waals surface area contributed by atoms with E-state index in [0.29, 0.717) is 0 Å². The monoisotopic (exact) mass is 187 g/mol. The summed E-state index contributed by atoms with van der Waals surface area (Å²) in [4.78, 5) is 15.0. The number of rotatable bonds is 3. The van der Waals surface area contributed by atoms with Crippen molar-refractivity contribution in [3.05, 3.63) is 29.8 Å². The third-order valence-corrected chi connectivity index (χ3v) is 1.27. The molecule has 0 aliphatic carbocycles. The predicted molar refractivity (Wildman–Crippen MR) is 40.9 cm³/mol. The molecule has 0 spiro atoms. The zero-order chi connectivity index (χ0) is 8.97. The quantitative estimate of drug-likeness (QED) is 0.289. The van der Waals surface area contributed by atoms with Gasteiger partial charge in [-0.2, -0.15) is 0 Å². The molecular weight excluding hydrogens is 181 g/mol. The molecule has 5 heteroatoms. The average molecular weight is 187 g/mol. The topological polar surface area (TPSA) is 61.7 Å². The maximum absolute atomic E-state index is 10.4. The summed E-state index contributed by atoms with van der Waals surface area (Å²) in [5.74, 6) is -1.17. The van der Waals surface area contributed by atoms with Gasteiger partial charge in [0.25, 0.3) is 0 Å². The van der Waals surface area contributed by atoms with Crippen LogP contribution in [0, 0.1) is 0 Å². The zero-order valence-electron chi connectivity index (χ0n) is 7.19. The Morgan fingerprint density at radius 2 is 2.08 bits per heavy atom. The van der Waals surface area contributed by atoms with E-state index in [-0.39, 0.29) is 40.9 Å². The Bertz CT molecular complexity index is 314. The van der Waals surface area contributed by atoms with Crippen molar-refractivity contribution >= 4 is 12.7 Å². The van der Waals surface area contributed by atoms with Crippen LogP contribution in [0.3, 0.4) is 0 Å². The number of carboxylic acid groups (broad SMARTS) is 1. The summed E-state index contributed by atoms with van der Waals surface area (Å²) in [6.07, 6.45) is 0. The Morgan fingerprint density at radius 3 is 2.62 bits per heavy atom. The van der Waals surface area contributed by atoms with E-state index in [1.807, 2.05) is 0 Å². The second-order valence-electron chi connectivity index (χ2n) is 2.00. The van der Waals surface area contributed by atoms with Crippen molar-refractivity contribution in [3.63, 3.8) is 0 Å². The van der Waals surface area contributed by atoms with Crippen LogP contribution in [0.25, 0.3) is 0 Å². The fraction of sp³-hybridized carbons (Fsp3) is 0. The zero-order valence-corrected chi connectivity index (χ0v) is 9.19. The number of oxime groups is 1. The summed E-state index contributed by atoms with van der Waals surface area (Å²) in [7, 11) is 0. The molecule has 0 saturated carbocycles. The molecule has 0 aliphatic rings. The number of carbonyl (C=O) groups is 1. The van der Waals surface area contributed by atoms with Crippen molar-refractivity contribution in [2.24, 2.45) is 5.16 Å². The molecule has 0 aromatic heterocycles. The van der Waals surface area contributed by atoms with Crippen LogP contribution >= 0.6 is 0 Å². The van der Waals surface area contributed by atoms with E-state index in [2.05, 4.69) is 16.7 Å². The maximum atomic E-state index is 10.4. The molecule has 0 radical (unpaired) electrons. The van der Waals surface area contributed by atoms with E-state index in [0.717, 1.165) is 0 Å². The number of carbonyl (C=O) groups excluding carboxylic acids is 1. The summed E-state index contributed by atoms with van der Waals surface area (Å²) in [6.45, 7) is 3.07. The van der Waals surface area contributed by atoms with Crippen molar-refractivity contribution in [3.8, 4) is 5.75 Å². The standard InChI is InChI=1S/C8H7NO3.Na/c1-9-12-7-5-3-2-4-6(7)8(10)11;/h2-5H,1H2,(H,10,11);/q;+1/p-1. The van der Waals surface area contributed by atoms with E-state index in [1.165, 1.54) is 12.1 Å². The van der Waals surface area contributed by atoms with Crippen molar-refractivity contribution in [2.75, 3.05) is 0 Å². The first kappa shape index (κ1) is 12.2. The molecule has 0 heterocycles. The summed E-state index contributed by atoms with van der Waals surface area (Å²) in [6, 6.07) is 6.05. The smallest absolute Gasteiger partial charge is 0.545 e. The molecule has 0 N–H and O–H groups in total. The van der Waals surface area contributed by atoms with Gasteiger partial charge in [-0.1, -0.05) is 17.3 Å². The Kier molecular flexibility index (Phi) is 5.37. The van der Waals surface area contributed by atoms with Crippen LogP contribution in [0.1, 0.15) is 10.4 Å². The number of carboxylic acids is 1. The van der Waals surface area contributed by atoms with Gasteiger partial charge in [0.05, 0.1) is 5.97 Å². The summed E-state index contributed by atoms with van der Waals surface area (Å²) in [5, 5.41) is 13.6. The third-order valence-electron chi connectivity index (χ3n) is 1.27. The van der Waals surface area contributed by atoms with Gasteiger partial charge >= 0.3 is 29.6 Å². The first-order valence-corrected chi connectivity index (χ1v) is 3.19. The Labute approximate surface area is 97.5 Å². The van der Waals surface area contributed by atoms with Crippen LogP contribution in [0.15, 0.2) is 29.4 Å². The van der Waals surface area contributed by atoms with Gasteiger partial charge in [-0.05, 0) is 12.1 Å². The third kappa shape index (κ3) is 3.18. The summed E-state index contributed by atoms with van der Waals surface area (Å²) < 4.78 is 0. The van der Waals surface area contributed by atoms with E-state index >= 15 is 0 Å². The van der Waals surface area contributed by atoms with Gasteiger partial charge in [0.2, 0.25) is 0 Å². The average Bonchev–Trinajstić information content (AvgIpc) is 2.05. The van der Waals surface area contributed by atoms with Crippen LogP contribution in [-0.2, 0) is 0 Å². The van der Waals surface area contributed by atoms with E-state index in [9.17, 15) is 9.90 Å². The van der Waals surface area contributed by atoms with Crippen molar-refractivity contribution < 1.29 is 44.3 Å². The minimum Gasteiger partial charge on any atom is -0.545 e. The molecule has 1 aromatic carbocycles. The van der Waals surface area contributed by atoms with Gasteiger partial charge in [-0.15, -0.1) is 0 Å². The fourth-order valence-electron chi connectivity index (χ4n) is 0.784. The number of aromatic carboxylic acids is 1. The molecular formula is C8H6NNaO3. The Balaban J connectivity index is 0.00000144. The molecule has 1 aromatic rings.